The fourth-order valence-electron chi connectivity index (χ4n) is 5.28. The lowest BCUT2D eigenvalue weighted by atomic mass is 9.62. The average Bonchev–Trinajstić information content (AvgIpc) is 3.53. The number of rotatable bonds is 7. The van der Waals surface area contributed by atoms with E-state index in [9.17, 15) is 9.90 Å². The molecule has 2 aliphatic rings. The molecule has 1 aromatic heterocycles. The highest BCUT2D eigenvalue weighted by Crippen LogP contribution is 2.52. The Balaban J connectivity index is 1.71. The minimum absolute atomic E-state index is 0.0964. The van der Waals surface area contributed by atoms with Crippen LogP contribution in [0.4, 0.5) is 0 Å². The lowest BCUT2D eigenvalue weighted by molar-refractivity contribution is -0.144. The van der Waals surface area contributed by atoms with E-state index in [4.69, 9.17) is 4.74 Å². The van der Waals surface area contributed by atoms with E-state index < -0.39 is 5.60 Å². The van der Waals surface area contributed by atoms with Gasteiger partial charge in [0.05, 0.1) is 12.5 Å². The first-order chi connectivity index (χ1) is 14.7. The lowest BCUT2D eigenvalue weighted by Crippen LogP contribution is -2.63. The quantitative estimate of drug-likeness (QED) is 0.682. The van der Waals surface area contributed by atoms with E-state index in [1.54, 1.807) is 6.20 Å². The first-order valence-corrected chi connectivity index (χ1v) is 11.3. The maximum atomic E-state index is 12.3. The van der Waals surface area contributed by atoms with E-state index in [1.165, 1.54) is 5.56 Å². The Morgan fingerprint density at radius 1 is 1.26 bits per heavy atom. The number of aliphatic hydroxyl groups is 1. The second-order valence-corrected chi connectivity index (χ2v) is 9.93. The minimum Gasteiger partial charge on any atom is -0.466 e. The lowest BCUT2D eigenvalue weighted by Gasteiger charge is -2.56. The SMILES string of the molecule is CCOC(=O)C1CC1c1cncc([C@@](O)(c2ccc(C(C)C)cc2)C2(C)CN(C)C2)c1. The van der Waals surface area contributed by atoms with Crippen molar-refractivity contribution in [3.05, 3.63) is 65.0 Å². The molecular formula is C26H34N2O3. The third kappa shape index (κ3) is 3.79. The predicted molar refractivity (Wildman–Crippen MR) is 121 cm³/mol. The number of pyridine rings is 1. The number of carbonyl (C=O) groups excluding carboxylic acids is 1. The van der Waals surface area contributed by atoms with Crippen LogP contribution in [0.25, 0.3) is 0 Å². The molecule has 1 aromatic carbocycles. The van der Waals surface area contributed by atoms with Crippen molar-refractivity contribution in [3.8, 4) is 0 Å². The Kier molecular flexibility index (Phi) is 5.69. The van der Waals surface area contributed by atoms with Crippen molar-refractivity contribution in [3.63, 3.8) is 0 Å². The Hall–Kier alpha value is -2.24. The second kappa shape index (κ2) is 8.03. The number of hydrogen-bond donors (Lipinski definition) is 1. The van der Waals surface area contributed by atoms with Crippen molar-refractivity contribution in [1.82, 2.24) is 9.88 Å². The summed E-state index contributed by atoms with van der Waals surface area (Å²) in [7, 11) is 2.08. The van der Waals surface area contributed by atoms with Gasteiger partial charge in [0.1, 0.15) is 5.60 Å². The largest absolute Gasteiger partial charge is 0.466 e. The summed E-state index contributed by atoms with van der Waals surface area (Å²) in [5, 5.41) is 12.3. The fourth-order valence-corrected chi connectivity index (χ4v) is 5.28. The summed E-state index contributed by atoms with van der Waals surface area (Å²) in [6.45, 7) is 10.3. The molecule has 2 unspecified atom stereocenters. The van der Waals surface area contributed by atoms with E-state index in [0.717, 1.165) is 36.2 Å². The topological polar surface area (TPSA) is 62.7 Å². The summed E-state index contributed by atoms with van der Waals surface area (Å²) in [5.74, 6) is 0.328. The molecule has 5 nitrogen and oxygen atoms in total. The highest BCUT2D eigenvalue weighted by atomic mass is 16.5. The Morgan fingerprint density at radius 2 is 1.94 bits per heavy atom. The zero-order chi connectivity index (χ0) is 22.4. The van der Waals surface area contributed by atoms with Crippen LogP contribution in [0, 0.1) is 11.3 Å². The third-order valence-corrected chi connectivity index (χ3v) is 7.09. The zero-order valence-electron chi connectivity index (χ0n) is 19.3. The summed E-state index contributed by atoms with van der Waals surface area (Å²) in [5.41, 5.74) is 2.46. The molecule has 166 valence electrons. The van der Waals surface area contributed by atoms with E-state index in [-0.39, 0.29) is 23.2 Å². The van der Waals surface area contributed by atoms with Gasteiger partial charge in [0.2, 0.25) is 0 Å². The Bertz CT molecular complexity index is 949. The van der Waals surface area contributed by atoms with Crippen LogP contribution in [-0.4, -0.2) is 47.7 Å². The van der Waals surface area contributed by atoms with Gasteiger partial charge in [-0.15, -0.1) is 0 Å². The molecule has 1 aliphatic heterocycles. The van der Waals surface area contributed by atoms with Crippen LogP contribution in [0.1, 0.15) is 68.2 Å². The molecule has 4 rings (SSSR count). The van der Waals surface area contributed by atoms with Crippen LogP contribution in [0.3, 0.4) is 0 Å². The van der Waals surface area contributed by atoms with Crippen molar-refractivity contribution < 1.29 is 14.6 Å². The van der Waals surface area contributed by atoms with Gasteiger partial charge in [-0.25, -0.2) is 0 Å². The number of ether oxygens (including phenoxy) is 1. The summed E-state index contributed by atoms with van der Waals surface area (Å²) < 4.78 is 5.19. The Labute approximate surface area is 185 Å². The van der Waals surface area contributed by atoms with Gasteiger partial charge in [-0.3, -0.25) is 9.78 Å². The molecule has 2 fully saturated rings. The molecule has 1 saturated heterocycles. The van der Waals surface area contributed by atoms with Gasteiger partial charge in [-0.05, 0) is 55.0 Å². The fraction of sp³-hybridized carbons (Fsp3) is 0.538. The number of nitrogens with zero attached hydrogens (tertiary/aromatic N) is 2. The summed E-state index contributed by atoms with van der Waals surface area (Å²) in [4.78, 5) is 18.8. The van der Waals surface area contributed by atoms with E-state index >= 15 is 0 Å². The van der Waals surface area contributed by atoms with Gasteiger partial charge in [0, 0.05) is 36.5 Å². The molecule has 3 atom stereocenters. The van der Waals surface area contributed by atoms with Crippen molar-refractivity contribution in [2.24, 2.45) is 11.3 Å². The standard InChI is InChI=1S/C26H34N2O3/c1-6-31-24(29)23-12-22(23)19-11-21(14-27-13-19)26(30,25(4)15-28(5)16-25)20-9-7-18(8-10-20)17(2)3/h7-11,13-14,17,22-23,30H,6,12,15-16H2,1-5H3/t22?,23?,26-/m0/s1. The molecule has 1 aliphatic carbocycles. The monoisotopic (exact) mass is 422 g/mol. The van der Waals surface area contributed by atoms with E-state index in [2.05, 4.69) is 68.0 Å². The number of carbonyl (C=O) groups is 1. The highest BCUT2D eigenvalue weighted by Gasteiger charge is 2.55. The molecule has 0 bridgehead atoms. The number of esters is 1. The summed E-state index contributed by atoms with van der Waals surface area (Å²) >= 11 is 0. The van der Waals surface area contributed by atoms with Gasteiger partial charge in [-0.1, -0.05) is 45.0 Å². The van der Waals surface area contributed by atoms with Crippen LogP contribution >= 0.6 is 0 Å². The highest BCUT2D eigenvalue weighted by molar-refractivity contribution is 5.77. The van der Waals surface area contributed by atoms with Crippen LogP contribution in [0.15, 0.2) is 42.7 Å². The second-order valence-electron chi connectivity index (χ2n) is 9.93. The third-order valence-electron chi connectivity index (χ3n) is 7.09. The molecule has 2 aromatic rings. The smallest absolute Gasteiger partial charge is 0.309 e. The molecule has 2 heterocycles. The molecule has 0 radical (unpaired) electrons. The molecule has 1 saturated carbocycles. The summed E-state index contributed by atoms with van der Waals surface area (Å²) in [6.07, 6.45) is 4.39. The minimum atomic E-state index is -1.16. The van der Waals surface area contributed by atoms with E-state index in [0.29, 0.717) is 12.5 Å². The predicted octanol–water partition coefficient (Wildman–Crippen LogP) is 4.06. The number of hydrogen-bond acceptors (Lipinski definition) is 5. The van der Waals surface area contributed by atoms with Crippen LogP contribution in [0.5, 0.6) is 0 Å². The first-order valence-electron chi connectivity index (χ1n) is 11.3. The van der Waals surface area contributed by atoms with Crippen LogP contribution in [0.2, 0.25) is 0 Å². The summed E-state index contributed by atoms with van der Waals surface area (Å²) in [6, 6.07) is 10.4. The number of aromatic nitrogens is 1. The molecule has 1 N–H and O–H groups in total. The van der Waals surface area contributed by atoms with Crippen molar-refractivity contribution in [2.45, 2.75) is 51.6 Å². The maximum Gasteiger partial charge on any atom is 0.309 e. The van der Waals surface area contributed by atoms with E-state index in [1.807, 2.05) is 13.1 Å². The molecular weight excluding hydrogens is 388 g/mol. The van der Waals surface area contributed by atoms with Crippen molar-refractivity contribution in [1.29, 1.82) is 0 Å². The van der Waals surface area contributed by atoms with Crippen molar-refractivity contribution in [2.75, 3.05) is 26.7 Å². The Morgan fingerprint density at radius 3 is 2.52 bits per heavy atom. The number of benzene rings is 1. The van der Waals surface area contributed by atoms with Crippen LogP contribution < -0.4 is 0 Å². The number of likely N-dealkylation sites (tertiary alicyclic amines) is 1. The zero-order valence-corrected chi connectivity index (χ0v) is 19.3. The first kappa shape index (κ1) is 22.0. The maximum absolute atomic E-state index is 12.3. The van der Waals surface area contributed by atoms with Gasteiger partial charge in [0.25, 0.3) is 0 Å². The molecule has 5 heteroatoms. The normalized spacial score (nSPS) is 24.4. The van der Waals surface area contributed by atoms with Gasteiger partial charge in [-0.2, -0.15) is 0 Å². The van der Waals surface area contributed by atoms with Crippen LogP contribution in [-0.2, 0) is 15.1 Å². The van der Waals surface area contributed by atoms with Gasteiger partial charge in [0.15, 0.2) is 0 Å². The molecule has 0 spiro atoms. The van der Waals surface area contributed by atoms with Gasteiger partial charge < -0.3 is 14.7 Å². The van der Waals surface area contributed by atoms with Gasteiger partial charge >= 0.3 is 5.97 Å². The van der Waals surface area contributed by atoms with Crippen molar-refractivity contribution >= 4 is 5.97 Å². The molecule has 0 amide bonds. The average molecular weight is 423 g/mol. The molecule has 31 heavy (non-hydrogen) atoms.